The van der Waals surface area contributed by atoms with E-state index >= 15 is 0 Å². The molecule has 0 saturated carbocycles. The van der Waals surface area contributed by atoms with Gasteiger partial charge in [-0.15, -0.1) is 0 Å². The highest BCUT2D eigenvalue weighted by molar-refractivity contribution is 5.48. The number of anilines is 1. The fourth-order valence-electron chi connectivity index (χ4n) is 2.57. The zero-order chi connectivity index (χ0) is 14.0. The number of aryl methyl sites for hydroxylation is 3. The lowest BCUT2D eigenvalue weighted by atomic mass is 10.00. The molecule has 1 N–H and O–H groups in total. The summed E-state index contributed by atoms with van der Waals surface area (Å²) in [5.41, 5.74) is 4.84. The van der Waals surface area contributed by atoms with Crippen LogP contribution in [-0.4, -0.2) is 4.98 Å². The van der Waals surface area contributed by atoms with E-state index in [1.165, 1.54) is 11.6 Å². The van der Waals surface area contributed by atoms with Gasteiger partial charge in [0.05, 0.1) is 11.7 Å². The molecule has 2 aromatic rings. The van der Waals surface area contributed by atoms with Crippen molar-refractivity contribution < 1.29 is 4.39 Å². The van der Waals surface area contributed by atoms with Crippen LogP contribution in [0, 0.1) is 26.6 Å². The molecule has 1 aromatic carbocycles. The van der Waals surface area contributed by atoms with E-state index < -0.39 is 0 Å². The molecule has 1 atom stereocenters. The number of halogens is 1. The number of hydrogen-bond donors (Lipinski definition) is 1. The summed E-state index contributed by atoms with van der Waals surface area (Å²) in [6.45, 7) is 8.07. The molecular formula is C16H19FN2. The van der Waals surface area contributed by atoms with E-state index in [1.54, 1.807) is 12.1 Å². The Balaban J connectivity index is 2.31. The Labute approximate surface area is 113 Å². The first-order chi connectivity index (χ1) is 8.99. The molecule has 19 heavy (non-hydrogen) atoms. The zero-order valence-electron chi connectivity index (χ0n) is 11.8. The number of nitrogens with one attached hydrogen (secondary N) is 1. The van der Waals surface area contributed by atoms with Crippen LogP contribution in [0.3, 0.4) is 0 Å². The van der Waals surface area contributed by atoms with Crippen molar-refractivity contribution in [3.8, 4) is 0 Å². The van der Waals surface area contributed by atoms with Crippen LogP contribution < -0.4 is 5.32 Å². The van der Waals surface area contributed by atoms with Crippen LogP contribution in [0.5, 0.6) is 0 Å². The van der Waals surface area contributed by atoms with Gasteiger partial charge in [0, 0.05) is 11.4 Å². The van der Waals surface area contributed by atoms with Gasteiger partial charge >= 0.3 is 0 Å². The van der Waals surface area contributed by atoms with Crippen LogP contribution in [0.2, 0.25) is 0 Å². The predicted octanol–water partition coefficient (Wildman–Crippen LogP) is 4.32. The monoisotopic (exact) mass is 258 g/mol. The third-order valence-electron chi connectivity index (χ3n) is 3.26. The second kappa shape index (κ2) is 5.39. The molecular weight excluding hydrogens is 239 g/mol. The van der Waals surface area contributed by atoms with Crippen LogP contribution in [0.25, 0.3) is 0 Å². The van der Waals surface area contributed by atoms with Crippen molar-refractivity contribution in [2.75, 3.05) is 5.32 Å². The molecule has 1 aromatic heterocycles. The van der Waals surface area contributed by atoms with E-state index in [9.17, 15) is 4.39 Å². The van der Waals surface area contributed by atoms with Crippen molar-refractivity contribution in [3.63, 3.8) is 0 Å². The molecule has 0 fully saturated rings. The second-order valence-electron chi connectivity index (χ2n) is 4.93. The van der Waals surface area contributed by atoms with Gasteiger partial charge in [0.2, 0.25) is 0 Å². The number of hydrogen-bond acceptors (Lipinski definition) is 2. The quantitative estimate of drug-likeness (QED) is 0.887. The maximum Gasteiger partial charge on any atom is 0.146 e. The molecule has 0 amide bonds. The van der Waals surface area contributed by atoms with E-state index in [-0.39, 0.29) is 11.9 Å². The lowest BCUT2D eigenvalue weighted by molar-refractivity contribution is 0.627. The van der Waals surface area contributed by atoms with Crippen LogP contribution in [-0.2, 0) is 0 Å². The van der Waals surface area contributed by atoms with Gasteiger partial charge in [-0.05, 0) is 57.0 Å². The summed E-state index contributed by atoms with van der Waals surface area (Å²) >= 11 is 0. The predicted molar refractivity (Wildman–Crippen MR) is 76.9 cm³/mol. The summed E-state index contributed by atoms with van der Waals surface area (Å²) in [6.07, 6.45) is 0. The van der Waals surface area contributed by atoms with Gasteiger partial charge in [-0.25, -0.2) is 4.39 Å². The lowest BCUT2D eigenvalue weighted by Gasteiger charge is -2.20. The Bertz CT molecular complexity index is 570. The third kappa shape index (κ3) is 2.92. The first-order valence-electron chi connectivity index (χ1n) is 6.45. The number of benzene rings is 1. The third-order valence-corrected chi connectivity index (χ3v) is 3.26. The summed E-state index contributed by atoms with van der Waals surface area (Å²) in [4.78, 5) is 4.49. The molecule has 2 rings (SSSR count). The smallest absolute Gasteiger partial charge is 0.146 e. The molecule has 3 heteroatoms. The Hall–Kier alpha value is -1.90. The molecule has 1 unspecified atom stereocenters. The standard InChI is InChI=1S/C16H19FN2/c1-10-9-11(2)18-12(3)16(10)13(4)19-15-8-6-5-7-14(15)17/h5-9,13,19H,1-4H3. The van der Waals surface area contributed by atoms with Crippen LogP contribution >= 0.6 is 0 Å². The van der Waals surface area contributed by atoms with Crippen molar-refractivity contribution in [2.45, 2.75) is 33.7 Å². The molecule has 0 spiro atoms. The maximum atomic E-state index is 13.7. The van der Waals surface area contributed by atoms with Gasteiger partial charge in [0.15, 0.2) is 0 Å². The molecule has 0 radical (unpaired) electrons. The molecule has 1 heterocycles. The molecule has 0 aliphatic heterocycles. The highest BCUT2D eigenvalue weighted by atomic mass is 19.1. The molecule has 0 aliphatic rings. The van der Waals surface area contributed by atoms with Crippen LogP contribution in [0.4, 0.5) is 10.1 Å². The van der Waals surface area contributed by atoms with Gasteiger partial charge in [-0.2, -0.15) is 0 Å². The van der Waals surface area contributed by atoms with E-state index in [4.69, 9.17) is 0 Å². The van der Waals surface area contributed by atoms with Crippen molar-refractivity contribution >= 4 is 5.69 Å². The Kier molecular flexibility index (Phi) is 3.84. The van der Waals surface area contributed by atoms with Gasteiger partial charge in [-0.1, -0.05) is 12.1 Å². The van der Waals surface area contributed by atoms with E-state index in [0.717, 1.165) is 17.0 Å². The zero-order valence-corrected chi connectivity index (χ0v) is 11.8. The summed E-state index contributed by atoms with van der Waals surface area (Å²) in [6, 6.07) is 8.80. The average molecular weight is 258 g/mol. The summed E-state index contributed by atoms with van der Waals surface area (Å²) in [5, 5.41) is 3.21. The maximum absolute atomic E-state index is 13.7. The minimum Gasteiger partial charge on any atom is -0.376 e. The van der Waals surface area contributed by atoms with Crippen molar-refractivity contribution in [2.24, 2.45) is 0 Å². The average Bonchev–Trinajstić information content (AvgIpc) is 2.30. The summed E-state index contributed by atoms with van der Waals surface area (Å²) in [5.74, 6) is -0.232. The molecule has 0 aliphatic carbocycles. The number of pyridine rings is 1. The number of nitrogens with zero attached hydrogens (tertiary/aromatic N) is 1. The highest BCUT2D eigenvalue weighted by Gasteiger charge is 2.14. The largest absolute Gasteiger partial charge is 0.376 e. The summed E-state index contributed by atoms with van der Waals surface area (Å²) in [7, 11) is 0. The lowest BCUT2D eigenvalue weighted by Crippen LogP contribution is -2.12. The van der Waals surface area contributed by atoms with Crippen LogP contribution in [0.1, 0.15) is 35.5 Å². The fourth-order valence-corrected chi connectivity index (χ4v) is 2.57. The first kappa shape index (κ1) is 13.5. The molecule has 0 saturated heterocycles. The minimum atomic E-state index is -0.232. The normalized spacial score (nSPS) is 12.3. The van der Waals surface area contributed by atoms with Gasteiger partial charge < -0.3 is 5.32 Å². The molecule has 0 bridgehead atoms. The topological polar surface area (TPSA) is 24.9 Å². The number of rotatable bonds is 3. The first-order valence-corrected chi connectivity index (χ1v) is 6.45. The Morgan fingerprint density at radius 1 is 1.16 bits per heavy atom. The number of aromatic nitrogens is 1. The Morgan fingerprint density at radius 3 is 2.47 bits per heavy atom. The Morgan fingerprint density at radius 2 is 1.84 bits per heavy atom. The van der Waals surface area contributed by atoms with Crippen molar-refractivity contribution in [1.82, 2.24) is 4.98 Å². The fraction of sp³-hybridized carbons (Fsp3) is 0.312. The van der Waals surface area contributed by atoms with Gasteiger partial charge in [0.1, 0.15) is 5.82 Å². The minimum absolute atomic E-state index is 0.0185. The number of para-hydroxylation sites is 1. The van der Waals surface area contributed by atoms with E-state index in [2.05, 4.69) is 23.3 Å². The SMILES string of the molecule is Cc1cc(C)c(C(C)Nc2ccccc2F)c(C)n1. The van der Waals surface area contributed by atoms with Crippen molar-refractivity contribution in [1.29, 1.82) is 0 Å². The van der Waals surface area contributed by atoms with E-state index in [1.807, 2.05) is 26.8 Å². The summed E-state index contributed by atoms with van der Waals surface area (Å²) < 4.78 is 13.7. The van der Waals surface area contributed by atoms with Crippen LogP contribution in [0.15, 0.2) is 30.3 Å². The molecule has 100 valence electrons. The van der Waals surface area contributed by atoms with E-state index in [0.29, 0.717) is 5.69 Å². The van der Waals surface area contributed by atoms with Gasteiger partial charge in [0.25, 0.3) is 0 Å². The van der Waals surface area contributed by atoms with Crippen molar-refractivity contribution in [3.05, 3.63) is 58.7 Å². The van der Waals surface area contributed by atoms with Gasteiger partial charge in [-0.3, -0.25) is 4.98 Å². The second-order valence-corrected chi connectivity index (χ2v) is 4.93. The highest BCUT2D eigenvalue weighted by Crippen LogP contribution is 2.26. The molecule has 2 nitrogen and oxygen atoms in total.